The summed E-state index contributed by atoms with van der Waals surface area (Å²) in [4.78, 5) is 45.9. The number of nitrogens with one attached hydrogen (secondary N) is 4. The van der Waals surface area contributed by atoms with Crippen molar-refractivity contribution in [1.82, 2.24) is 15.3 Å². The molecule has 10 nitrogen and oxygen atoms in total. The van der Waals surface area contributed by atoms with Crippen LogP contribution in [0.4, 0.5) is 26.2 Å². The van der Waals surface area contributed by atoms with Crippen molar-refractivity contribution in [3.63, 3.8) is 0 Å². The minimum atomic E-state index is -0.929. The van der Waals surface area contributed by atoms with Gasteiger partial charge in [-0.05, 0) is 48.5 Å². The third-order valence-corrected chi connectivity index (χ3v) is 5.14. The van der Waals surface area contributed by atoms with E-state index in [0.29, 0.717) is 35.9 Å². The molecule has 11 heteroatoms. The van der Waals surface area contributed by atoms with Crippen LogP contribution in [-0.4, -0.2) is 53.6 Å². The summed E-state index contributed by atoms with van der Waals surface area (Å²) in [6, 6.07) is 10.6. The van der Waals surface area contributed by atoms with Crippen LogP contribution in [0.15, 0.2) is 61.1 Å². The lowest BCUT2D eigenvalue weighted by molar-refractivity contribution is -0.125. The number of H-pyrrole nitrogens is 1. The van der Waals surface area contributed by atoms with Crippen LogP contribution in [0.2, 0.25) is 0 Å². The molecule has 1 fully saturated rings. The Labute approximate surface area is 194 Å². The number of carbonyl (C=O) groups excluding carboxylic acids is 3. The summed E-state index contributed by atoms with van der Waals surface area (Å²) in [5.41, 5.74) is 2.25. The molecular weight excluding hydrogens is 443 g/mol. The number of aromatic nitrogens is 2. The van der Waals surface area contributed by atoms with Gasteiger partial charge in [0.25, 0.3) is 5.91 Å². The largest absolute Gasteiger partial charge is 0.370 e. The van der Waals surface area contributed by atoms with Gasteiger partial charge < -0.3 is 30.6 Å². The maximum Gasteiger partial charge on any atom is 0.319 e. The Hall–Kier alpha value is -4.25. The number of halogens is 1. The molecule has 0 aliphatic carbocycles. The topological polar surface area (TPSA) is 128 Å². The predicted molar refractivity (Wildman–Crippen MR) is 123 cm³/mol. The van der Waals surface area contributed by atoms with E-state index in [-0.39, 0.29) is 18.9 Å². The van der Waals surface area contributed by atoms with Crippen LogP contribution >= 0.6 is 0 Å². The minimum Gasteiger partial charge on any atom is -0.370 e. The Kier molecular flexibility index (Phi) is 7.13. The third kappa shape index (κ3) is 5.95. The van der Waals surface area contributed by atoms with Crippen LogP contribution in [0.1, 0.15) is 5.69 Å². The highest BCUT2D eigenvalue weighted by Crippen LogP contribution is 2.20. The molecule has 1 aliphatic rings. The van der Waals surface area contributed by atoms with Crippen LogP contribution in [-0.2, 0) is 20.7 Å². The number of hydrogen-bond donors (Lipinski definition) is 4. The fourth-order valence-corrected chi connectivity index (χ4v) is 3.43. The highest BCUT2D eigenvalue weighted by molar-refractivity contribution is 6.00. The SMILES string of the molecule is O=C(Nc1ccc(F)cc1)NC(Cc1cnc[nH]1)C(=O)Nc1ccc(N2CCOCC2=O)cc1. The van der Waals surface area contributed by atoms with Crippen molar-refractivity contribution in [2.75, 3.05) is 35.3 Å². The van der Waals surface area contributed by atoms with Gasteiger partial charge in [-0.1, -0.05) is 0 Å². The molecule has 176 valence electrons. The lowest BCUT2D eigenvalue weighted by Gasteiger charge is -2.27. The van der Waals surface area contributed by atoms with Crippen molar-refractivity contribution >= 4 is 34.9 Å². The molecule has 0 spiro atoms. The Morgan fingerprint density at radius 2 is 1.79 bits per heavy atom. The van der Waals surface area contributed by atoms with Gasteiger partial charge in [0.1, 0.15) is 18.5 Å². The lowest BCUT2D eigenvalue weighted by atomic mass is 10.1. The number of imidazole rings is 1. The second-order valence-corrected chi connectivity index (χ2v) is 7.57. The number of morpholine rings is 1. The van der Waals surface area contributed by atoms with E-state index in [9.17, 15) is 18.8 Å². The van der Waals surface area contributed by atoms with Crippen molar-refractivity contribution in [3.05, 3.63) is 72.6 Å². The molecule has 2 heterocycles. The zero-order chi connectivity index (χ0) is 23.9. The van der Waals surface area contributed by atoms with Gasteiger partial charge in [-0.25, -0.2) is 14.2 Å². The van der Waals surface area contributed by atoms with Crippen LogP contribution < -0.4 is 20.9 Å². The van der Waals surface area contributed by atoms with E-state index in [1.165, 1.54) is 30.6 Å². The van der Waals surface area contributed by atoms with E-state index in [2.05, 4.69) is 25.9 Å². The zero-order valence-electron chi connectivity index (χ0n) is 18.1. The monoisotopic (exact) mass is 466 g/mol. The molecule has 1 saturated heterocycles. The van der Waals surface area contributed by atoms with Gasteiger partial charge >= 0.3 is 6.03 Å². The Bertz CT molecular complexity index is 1140. The molecule has 4 amide bonds. The molecule has 3 aromatic rings. The molecule has 1 aliphatic heterocycles. The van der Waals surface area contributed by atoms with Crippen molar-refractivity contribution < 1.29 is 23.5 Å². The molecule has 1 atom stereocenters. The molecular formula is C23H23FN6O4. The van der Waals surface area contributed by atoms with Gasteiger partial charge in [-0.3, -0.25) is 9.59 Å². The Morgan fingerprint density at radius 1 is 1.09 bits per heavy atom. The molecule has 1 unspecified atom stereocenters. The molecule has 4 rings (SSSR count). The van der Waals surface area contributed by atoms with Gasteiger partial charge in [0, 0.05) is 41.9 Å². The van der Waals surface area contributed by atoms with Crippen molar-refractivity contribution in [2.24, 2.45) is 0 Å². The molecule has 2 aromatic carbocycles. The number of hydrogen-bond acceptors (Lipinski definition) is 5. The van der Waals surface area contributed by atoms with Crippen molar-refractivity contribution in [2.45, 2.75) is 12.5 Å². The van der Waals surface area contributed by atoms with Crippen LogP contribution in [0.25, 0.3) is 0 Å². The average molecular weight is 466 g/mol. The summed E-state index contributed by atoms with van der Waals surface area (Å²) in [6.07, 6.45) is 3.21. The third-order valence-electron chi connectivity index (χ3n) is 5.14. The summed E-state index contributed by atoms with van der Waals surface area (Å²) in [7, 11) is 0. The van der Waals surface area contributed by atoms with E-state index in [1.807, 2.05) is 0 Å². The second kappa shape index (κ2) is 10.6. The molecule has 0 radical (unpaired) electrons. The van der Waals surface area contributed by atoms with Crippen LogP contribution in [0.3, 0.4) is 0 Å². The summed E-state index contributed by atoms with van der Waals surface area (Å²) in [5.74, 6) is -0.996. The van der Waals surface area contributed by atoms with Gasteiger partial charge in [0.05, 0.1) is 12.9 Å². The summed E-state index contributed by atoms with van der Waals surface area (Å²) in [6.45, 7) is 0.967. The second-order valence-electron chi connectivity index (χ2n) is 7.57. The van der Waals surface area contributed by atoms with Gasteiger partial charge in [0.2, 0.25) is 5.91 Å². The summed E-state index contributed by atoms with van der Waals surface area (Å²) < 4.78 is 18.2. The number of amides is 4. The first-order chi connectivity index (χ1) is 16.5. The zero-order valence-corrected chi connectivity index (χ0v) is 18.1. The van der Waals surface area contributed by atoms with E-state index >= 15 is 0 Å². The lowest BCUT2D eigenvalue weighted by Crippen LogP contribution is -2.47. The smallest absolute Gasteiger partial charge is 0.319 e. The van der Waals surface area contributed by atoms with Gasteiger partial charge in [-0.15, -0.1) is 0 Å². The van der Waals surface area contributed by atoms with E-state index in [1.54, 1.807) is 35.4 Å². The number of nitrogens with zero attached hydrogens (tertiary/aromatic N) is 2. The van der Waals surface area contributed by atoms with Crippen molar-refractivity contribution in [3.8, 4) is 0 Å². The average Bonchev–Trinajstić information content (AvgIpc) is 3.34. The van der Waals surface area contributed by atoms with E-state index < -0.39 is 23.8 Å². The number of rotatable bonds is 7. The van der Waals surface area contributed by atoms with Gasteiger partial charge in [0.15, 0.2) is 0 Å². The number of urea groups is 1. The predicted octanol–water partition coefficient (Wildman–Crippen LogP) is 2.28. The van der Waals surface area contributed by atoms with Crippen LogP contribution in [0.5, 0.6) is 0 Å². The fourth-order valence-electron chi connectivity index (χ4n) is 3.43. The molecule has 34 heavy (non-hydrogen) atoms. The first-order valence-electron chi connectivity index (χ1n) is 10.6. The summed E-state index contributed by atoms with van der Waals surface area (Å²) in [5, 5.41) is 7.99. The maximum absolute atomic E-state index is 13.1. The first-order valence-corrected chi connectivity index (χ1v) is 10.6. The number of anilines is 3. The maximum atomic E-state index is 13.1. The van der Waals surface area contributed by atoms with Crippen molar-refractivity contribution in [1.29, 1.82) is 0 Å². The van der Waals surface area contributed by atoms with E-state index in [4.69, 9.17) is 4.74 Å². The number of ether oxygens (including phenoxy) is 1. The first kappa shape index (κ1) is 22.9. The highest BCUT2D eigenvalue weighted by atomic mass is 19.1. The molecule has 0 saturated carbocycles. The standard InChI is InChI=1S/C23H23FN6O4/c24-15-1-3-17(4-2-15)28-23(33)29-20(11-18-12-25-14-26-18)22(32)27-16-5-7-19(8-6-16)30-9-10-34-13-21(30)31/h1-8,12,14,20H,9-11,13H2,(H,25,26)(H,27,32)(H2,28,29,33). The Balaban J connectivity index is 1.42. The normalized spacial score (nSPS) is 14.4. The van der Waals surface area contributed by atoms with Crippen LogP contribution in [0, 0.1) is 5.82 Å². The Morgan fingerprint density at radius 3 is 2.47 bits per heavy atom. The quantitative estimate of drug-likeness (QED) is 0.425. The number of carbonyl (C=O) groups is 3. The molecule has 0 bridgehead atoms. The minimum absolute atomic E-state index is 0.0411. The highest BCUT2D eigenvalue weighted by Gasteiger charge is 2.23. The number of benzene rings is 2. The number of aromatic amines is 1. The summed E-state index contributed by atoms with van der Waals surface area (Å²) >= 11 is 0. The fraction of sp³-hybridized carbons (Fsp3) is 0.217. The van der Waals surface area contributed by atoms with Gasteiger partial charge in [-0.2, -0.15) is 0 Å². The van der Waals surface area contributed by atoms with E-state index in [0.717, 1.165) is 0 Å². The molecule has 1 aromatic heterocycles. The molecule has 4 N–H and O–H groups in total.